The molecule has 56 heavy (non-hydrogen) atoms. The van der Waals surface area contributed by atoms with Crippen molar-refractivity contribution in [1.29, 1.82) is 0 Å². The number of azide groups is 1. The van der Waals surface area contributed by atoms with Crippen LogP contribution in [-0.4, -0.2) is 41.1 Å². The zero-order chi connectivity index (χ0) is 39.1. The van der Waals surface area contributed by atoms with Gasteiger partial charge in [-0.2, -0.15) is 0 Å². The average molecular weight is 749 g/mol. The molecule has 0 radical (unpaired) electrons. The standard InChI is InChI=1S/C44H36N4O8/c1-24-18-31(53-3)13-16-33(24)41-34-15-12-30(50)19-38(34)56-39-20-32(14-17-35(39)41)54-22-26-4-8-28(9-5-26)36-21-37-40(25(2)49)43(51)48(37)42(36)44(52)55-23-27-6-10-29(11-7-27)46-47-45/h4-20,25,37,40,49H,21-23H2,1-3H3/t25-,37-,40-/m1/s1. The number of aryl methyl sites for hydroxylation is 1. The number of esters is 1. The van der Waals surface area contributed by atoms with E-state index in [4.69, 9.17) is 24.2 Å². The Bertz CT molecular complexity index is 2620. The number of fused-ring (bicyclic) bond motifs is 3. The Balaban J connectivity index is 1.04. The molecule has 3 aliphatic heterocycles. The van der Waals surface area contributed by atoms with Gasteiger partial charge in [0.25, 0.3) is 0 Å². The maximum Gasteiger partial charge on any atom is 0.355 e. The number of carbonyl (C=O) groups is 2. The molecule has 1 amide bonds. The van der Waals surface area contributed by atoms with E-state index < -0.39 is 18.0 Å². The molecule has 1 fully saturated rings. The lowest BCUT2D eigenvalue weighted by atomic mass is 9.82. The number of hydrogen-bond acceptors (Lipinski definition) is 9. The van der Waals surface area contributed by atoms with Crippen LogP contribution < -0.4 is 14.9 Å². The van der Waals surface area contributed by atoms with Crippen LogP contribution in [-0.2, 0) is 27.5 Å². The molecular weight excluding hydrogens is 713 g/mol. The summed E-state index contributed by atoms with van der Waals surface area (Å²) < 4.78 is 23.6. The maximum atomic E-state index is 13.6. The number of benzene rings is 5. The van der Waals surface area contributed by atoms with E-state index in [2.05, 4.69) is 10.0 Å². The number of β-lactam (4-membered cyclic amide) rings is 1. The molecule has 1 saturated heterocycles. The molecule has 3 atom stereocenters. The SMILES string of the molecule is COc1ccc(-c2c3ccc(=O)cc-3oc3cc(OCc4ccc(C5=C(C(=O)OCc6ccc(N=[N+]=[N-])cc6)N6C(=O)[C@H]([C@@H](C)O)[C@H]6C5)cc4)ccc23)c(C)c1. The number of hydrogen-bond donors (Lipinski definition) is 1. The van der Waals surface area contributed by atoms with E-state index in [1.54, 1.807) is 44.4 Å². The molecule has 1 N–H and O–H groups in total. The summed E-state index contributed by atoms with van der Waals surface area (Å²) in [6.07, 6.45) is -0.470. The van der Waals surface area contributed by atoms with Crippen LogP contribution in [0.25, 0.3) is 49.4 Å². The Kier molecular flexibility index (Phi) is 9.51. The summed E-state index contributed by atoms with van der Waals surface area (Å²) in [7, 11) is 1.63. The molecule has 0 aromatic heterocycles. The minimum absolute atomic E-state index is 0.0463. The lowest BCUT2D eigenvalue weighted by Crippen LogP contribution is -2.61. The molecule has 4 aromatic rings. The second kappa shape index (κ2) is 14.7. The topological polar surface area (TPSA) is 164 Å². The van der Waals surface area contributed by atoms with Crippen LogP contribution in [0.4, 0.5) is 5.69 Å². The third-order valence-corrected chi connectivity index (χ3v) is 10.5. The fourth-order valence-electron chi connectivity index (χ4n) is 7.69. The molecule has 0 spiro atoms. The zero-order valence-corrected chi connectivity index (χ0v) is 30.8. The number of methoxy groups -OCH3 is 1. The highest BCUT2D eigenvalue weighted by Gasteiger charge is 2.57. The monoisotopic (exact) mass is 748 g/mol. The Morgan fingerprint density at radius 2 is 1.64 bits per heavy atom. The van der Waals surface area contributed by atoms with Gasteiger partial charge in [0.15, 0.2) is 5.43 Å². The van der Waals surface area contributed by atoms with Gasteiger partial charge in [-0.15, -0.1) is 0 Å². The Hall–Kier alpha value is -6.88. The molecule has 3 heterocycles. The molecule has 8 rings (SSSR count). The van der Waals surface area contributed by atoms with Gasteiger partial charge in [0, 0.05) is 39.2 Å². The van der Waals surface area contributed by atoms with Gasteiger partial charge in [0.05, 0.1) is 25.2 Å². The quantitative estimate of drug-likeness (QED) is 0.0344. The van der Waals surface area contributed by atoms with Crippen molar-refractivity contribution in [3.63, 3.8) is 0 Å². The van der Waals surface area contributed by atoms with Gasteiger partial charge in [0.2, 0.25) is 5.91 Å². The van der Waals surface area contributed by atoms with Crippen LogP contribution in [0.3, 0.4) is 0 Å². The van der Waals surface area contributed by atoms with E-state index in [0.29, 0.717) is 40.3 Å². The lowest BCUT2D eigenvalue weighted by Gasteiger charge is -2.44. The first-order valence-corrected chi connectivity index (χ1v) is 18.1. The first-order chi connectivity index (χ1) is 27.1. The van der Waals surface area contributed by atoms with E-state index >= 15 is 0 Å². The molecule has 1 aliphatic carbocycles. The van der Waals surface area contributed by atoms with Crippen LogP contribution in [0.15, 0.2) is 123 Å². The van der Waals surface area contributed by atoms with E-state index in [0.717, 1.165) is 44.5 Å². The Morgan fingerprint density at radius 1 is 0.929 bits per heavy atom. The summed E-state index contributed by atoms with van der Waals surface area (Å²) in [4.78, 5) is 43.3. The van der Waals surface area contributed by atoms with Gasteiger partial charge in [0.1, 0.15) is 41.8 Å². The van der Waals surface area contributed by atoms with Gasteiger partial charge in [-0.05, 0) is 95.6 Å². The minimum Gasteiger partial charge on any atom is -0.497 e. The number of aliphatic hydroxyl groups excluding tert-OH is 1. The normalized spacial score (nSPS) is 16.6. The van der Waals surface area contributed by atoms with Gasteiger partial charge >= 0.3 is 5.97 Å². The highest BCUT2D eigenvalue weighted by molar-refractivity contribution is 6.07. The second-order valence-electron chi connectivity index (χ2n) is 14.0. The molecule has 0 unspecified atom stereocenters. The van der Waals surface area contributed by atoms with Crippen LogP contribution in [0.2, 0.25) is 0 Å². The number of amides is 1. The van der Waals surface area contributed by atoms with Crippen molar-refractivity contribution in [2.24, 2.45) is 11.0 Å². The summed E-state index contributed by atoms with van der Waals surface area (Å²) in [6.45, 7) is 3.79. The third kappa shape index (κ3) is 6.61. The minimum atomic E-state index is -0.863. The largest absolute Gasteiger partial charge is 0.497 e. The summed E-state index contributed by atoms with van der Waals surface area (Å²) in [5, 5.41) is 14.8. The molecule has 0 bridgehead atoms. The number of carbonyl (C=O) groups excluding carboxylic acids is 2. The van der Waals surface area contributed by atoms with E-state index in [9.17, 15) is 19.5 Å². The molecule has 12 heteroatoms. The van der Waals surface area contributed by atoms with Crippen molar-refractivity contribution in [2.75, 3.05) is 7.11 Å². The summed E-state index contributed by atoms with van der Waals surface area (Å²) >= 11 is 0. The van der Waals surface area contributed by atoms with Crippen LogP contribution in [0.5, 0.6) is 11.5 Å². The predicted molar refractivity (Wildman–Crippen MR) is 209 cm³/mol. The van der Waals surface area contributed by atoms with Gasteiger partial charge in [-0.3, -0.25) is 9.59 Å². The summed E-state index contributed by atoms with van der Waals surface area (Å²) in [5.41, 5.74) is 16.4. The van der Waals surface area contributed by atoms with Crippen molar-refractivity contribution in [3.05, 3.63) is 152 Å². The van der Waals surface area contributed by atoms with Crippen molar-refractivity contribution >= 4 is 34.1 Å². The fourth-order valence-corrected chi connectivity index (χ4v) is 7.69. The number of ether oxygens (including phenoxy) is 3. The molecule has 4 aromatic carbocycles. The van der Waals surface area contributed by atoms with E-state index in [1.807, 2.05) is 67.6 Å². The van der Waals surface area contributed by atoms with Gasteiger partial charge < -0.3 is 28.6 Å². The molecule has 0 saturated carbocycles. The van der Waals surface area contributed by atoms with Crippen LogP contribution >= 0.6 is 0 Å². The highest BCUT2D eigenvalue weighted by atomic mass is 16.5. The number of aliphatic hydroxyl groups is 1. The van der Waals surface area contributed by atoms with Gasteiger partial charge in [-0.25, -0.2) is 4.79 Å². The van der Waals surface area contributed by atoms with Gasteiger partial charge in [-0.1, -0.05) is 59.7 Å². The first kappa shape index (κ1) is 36.1. The lowest BCUT2D eigenvalue weighted by molar-refractivity contribution is -0.162. The fraction of sp³-hybridized carbons (Fsp3) is 0.205. The highest BCUT2D eigenvalue weighted by Crippen LogP contribution is 2.47. The second-order valence-corrected chi connectivity index (χ2v) is 14.0. The Labute approximate surface area is 321 Å². The van der Waals surface area contributed by atoms with Crippen LogP contribution in [0, 0.1) is 12.8 Å². The third-order valence-electron chi connectivity index (χ3n) is 10.5. The van der Waals surface area contributed by atoms with Crippen molar-refractivity contribution in [3.8, 4) is 33.9 Å². The smallest absolute Gasteiger partial charge is 0.355 e. The predicted octanol–water partition coefficient (Wildman–Crippen LogP) is 8.47. The molecule has 12 nitrogen and oxygen atoms in total. The van der Waals surface area contributed by atoms with Crippen molar-refractivity contribution < 1.29 is 33.3 Å². The number of nitrogens with zero attached hydrogens (tertiary/aromatic N) is 4. The van der Waals surface area contributed by atoms with Crippen molar-refractivity contribution in [1.82, 2.24) is 4.90 Å². The number of rotatable bonds is 11. The van der Waals surface area contributed by atoms with Crippen LogP contribution in [0.1, 0.15) is 35.6 Å². The maximum absolute atomic E-state index is 13.6. The summed E-state index contributed by atoms with van der Waals surface area (Å²) in [5.74, 6) is 0.232. The van der Waals surface area contributed by atoms with E-state index in [-0.39, 0.29) is 36.3 Å². The average Bonchev–Trinajstić information content (AvgIpc) is 3.54. The molecular formula is C44H36N4O8. The zero-order valence-electron chi connectivity index (χ0n) is 30.8. The summed E-state index contributed by atoms with van der Waals surface area (Å²) in [6, 6.07) is 30.2. The molecule has 4 aliphatic rings. The van der Waals surface area contributed by atoms with E-state index in [1.165, 1.54) is 17.0 Å². The molecule has 280 valence electrons. The first-order valence-electron chi connectivity index (χ1n) is 18.1. The Morgan fingerprint density at radius 3 is 2.36 bits per heavy atom. The van der Waals surface area contributed by atoms with Crippen molar-refractivity contribution in [2.45, 2.75) is 45.6 Å².